The zero-order valence-electron chi connectivity index (χ0n) is 9.84. The number of hydrogen-bond acceptors (Lipinski definition) is 3. The minimum absolute atomic E-state index is 0.0864. The fourth-order valence-electron chi connectivity index (χ4n) is 2.31. The van der Waals surface area contributed by atoms with Gasteiger partial charge in [-0.1, -0.05) is 6.42 Å². The first-order valence-corrected chi connectivity index (χ1v) is 5.75. The Morgan fingerprint density at radius 2 is 2.18 bits per heavy atom. The highest BCUT2D eigenvalue weighted by Crippen LogP contribution is 2.35. The first-order chi connectivity index (χ1) is 8.09. The molecule has 6 nitrogen and oxygen atoms in total. The van der Waals surface area contributed by atoms with E-state index in [0.29, 0.717) is 17.4 Å². The van der Waals surface area contributed by atoms with Gasteiger partial charge in [0.1, 0.15) is 5.82 Å². The van der Waals surface area contributed by atoms with Crippen LogP contribution in [0.15, 0.2) is 0 Å². The predicted octanol–water partition coefficient (Wildman–Crippen LogP) is 1.34. The standard InChI is InChI=1S/C11H14N4O2/c1-6-8(10(16)17)12-11-14(2)9(13-15(6)11)7-4-3-5-7/h7H,3-5H2,1-2H3,(H,16,17). The van der Waals surface area contributed by atoms with E-state index in [1.165, 1.54) is 19.3 Å². The lowest BCUT2D eigenvalue weighted by Gasteiger charge is -2.23. The van der Waals surface area contributed by atoms with Gasteiger partial charge in [-0.2, -0.15) is 5.10 Å². The van der Waals surface area contributed by atoms with Gasteiger partial charge in [0.05, 0.1) is 5.69 Å². The number of aromatic carboxylic acids is 1. The van der Waals surface area contributed by atoms with E-state index in [0.717, 1.165) is 5.82 Å². The maximum Gasteiger partial charge on any atom is 0.356 e. The first-order valence-electron chi connectivity index (χ1n) is 5.75. The Hall–Kier alpha value is -1.85. The van der Waals surface area contributed by atoms with Crippen molar-refractivity contribution in [1.82, 2.24) is 19.2 Å². The second kappa shape index (κ2) is 3.32. The van der Waals surface area contributed by atoms with Gasteiger partial charge in [0, 0.05) is 13.0 Å². The summed E-state index contributed by atoms with van der Waals surface area (Å²) in [4.78, 5) is 15.1. The molecular formula is C11H14N4O2. The SMILES string of the molecule is Cc1c(C(=O)O)nc2n(C)c(C3CCC3)nn12. The van der Waals surface area contributed by atoms with Crippen LogP contribution in [-0.4, -0.2) is 30.2 Å². The van der Waals surface area contributed by atoms with Crippen LogP contribution in [-0.2, 0) is 7.05 Å². The number of hydrogen-bond donors (Lipinski definition) is 1. The summed E-state index contributed by atoms with van der Waals surface area (Å²) in [5.41, 5.74) is 0.678. The van der Waals surface area contributed by atoms with Crippen LogP contribution in [0.2, 0.25) is 0 Å². The minimum Gasteiger partial charge on any atom is -0.476 e. The summed E-state index contributed by atoms with van der Waals surface area (Å²) in [5.74, 6) is 1.13. The smallest absolute Gasteiger partial charge is 0.356 e. The van der Waals surface area contributed by atoms with Gasteiger partial charge < -0.3 is 5.11 Å². The number of carboxylic acid groups (broad SMARTS) is 1. The number of carboxylic acids is 1. The normalized spacial score (nSPS) is 16.4. The number of nitrogens with zero attached hydrogens (tertiary/aromatic N) is 4. The third-order valence-electron chi connectivity index (χ3n) is 3.58. The Morgan fingerprint density at radius 3 is 2.65 bits per heavy atom. The van der Waals surface area contributed by atoms with Crippen molar-refractivity contribution in [2.45, 2.75) is 32.1 Å². The molecule has 17 heavy (non-hydrogen) atoms. The Kier molecular flexibility index (Phi) is 2.01. The van der Waals surface area contributed by atoms with E-state index in [1.54, 1.807) is 11.4 Å². The summed E-state index contributed by atoms with van der Waals surface area (Å²) in [6.07, 6.45) is 3.58. The maximum absolute atomic E-state index is 11.0. The van der Waals surface area contributed by atoms with E-state index in [-0.39, 0.29) is 5.69 Å². The Morgan fingerprint density at radius 1 is 1.47 bits per heavy atom. The van der Waals surface area contributed by atoms with Gasteiger partial charge in [0.25, 0.3) is 0 Å². The summed E-state index contributed by atoms with van der Waals surface area (Å²) < 4.78 is 3.54. The van der Waals surface area contributed by atoms with E-state index in [9.17, 15) is 4.79 Å². The van der Waals surface area contributed by atoms with E-state index < -0.39 is 5.97 Å². The topological polar surface area (TPSA) is 72.4 Å². The second-order valence-corrected chi connectivity index (χ2v) is 4.61. The van der Waals surface area contributed by atoms with Crippen LogP contribution in [0, 0.1) is 6.92 Å². The van der Waals surface area contributed by atoms with Crippen LogP contribution in [0.25, 0.3) is 5.78 Å². The number of aromatic nitrogens is 4. The fraction of sp³-hybridized carbons (Fsp3) is 0.545. The lowest BCUT2D eigenvalue weighted by atomic mass is 9.85. The highest BCUT2D eigenvalue weighted by atomic mass is 16.4. The molecule has 0 spiro atoms. The number of carbonyl (C=O) groups is 1. The van der Waals surface area contributed by atoms with Gasteiger partial charge in [0.15, 0.2) is 5.69 Å². The molecule has 1 saturated carbocycles. The molecule has 0 unspecified atom stereocenters. The molecule has 0 radical (unpaired) electrons. The van der Waals surface area contributed by atoms with Crippen molar-refractivity contribution in [3.8, 4) is 0 Å². The van der Waals surface area contributed by atoms with E-state index in [4.69, 9.17) is 5.11 Å². The number of aryl methyl sites for hydroxylation is 2. The summed E-state index contributed by atoms with van der Waals surface area (Å²) in [7, 11) is 1.90. The average Bonchev–Trinajstić information content (AvgIpc) is 2.66. The zero-order valence-corrected chi connectivity index (χ0v) is 9.84. The molecule has 1 N–H and O–H groups in total. The van der Waals surface area contributed by atoms with Crippen molar-refractivity contribution in [2.24, 2.45) is 7.05 Å². The molecule has 0 aliphatic heterocycles. The third-order valence-corrected chi connectivity index (χ3v) is 3.58. The third kappa shape index (κ3) is 1.30. The molecule has 2 heterocycles. The van der Waals surface area contributed by atoms with Gasteiger partial charge in [-0.25, -0.2) is 14.3 Å². The Balaban J connectivity index is 2.18. The van der Waals surface area contributed by atoms with E-state index >= 15 is 0 Å². The van der Waals surface area contributed by atoms with Gasteiger partial charge in [-0.3, -0.25) is 4.57 Å². The predicted molar refractivity (Wildman–Crippen MR) is 60.2 cm³/mol. The molecule has 1 aliphatic carbocycles. The van der Waals surface area contributed by atoms with Crippen LogP contribution in [0.3, 0.4) is 0 Å². The number of fused-ring (bicyclic) bond motifs is 1. The monoisotopic (exact) mass is 234 g/mol. The van der Waals surface area contributed by atoms with Crippen molar-refractivity contribution in [3.63, 3.8) is 0 Å². The van der Waals surface area contributed by atoms with E-state index in [2.05, 4.69) is 10.1 Å². The molecule has 0 aromatic carbocycles. The van der Waals surface area contributed by atoms with Crippen LogP contribution in [0.1, 0.15) is 47.2 Å². The largest absolute Gasteiger partial charge is 0.476 e. The minimum atomic E-state index is -1.00. The summed E-state index contributed by atoms with van der Waals surface area (Å²) in [6, 6.07) is 0. The van der Waals surface area contributed by atoms with Crippen molar-refractivity contribution in [1.29, 1.82) is 0 Å². The maximum atomic E-state index is 11.0. The summed E-state index contributed by atoms with van der Waals surface area (Å²) >= 11 is 0. The van der Waals surface area contributed by atoms with Gasteiger partial charge in [0.2, 0.25) is 5.78 Å². The average molecular weight is 234 g/mol. The van der Waals surface area contributed by atoms with Crippen LogP contribution in [0.5, 0.6) is 0 Å². The molecule has 0 saturated heterocycles. The van der Waals surface area contributed by atoms with Gasteiger partial charge in [-0.15, -0.1) is 0 Å². The van der Waals surface area contributed by atoms with Crippen molar-refractivity contribution >= 4 is 11.7 Å². The molecular weight excluding hydrogens is 220 g/mol. The zero-order chi connectivity index (χ0) is 12.2. The van der Waals surface area contributed by atoms with Crippen molar-refractivity contribution in [2.75, 3.05) is 0 Å². The van der Waals surface area contributed by atoms with Crippen molar-refractivity contribution < 1.29 is 9.90 Å². The summed E-state index contributed by atoms with van der Waals surface area (Å²) in [5, 5.41) is 13.5. The highest BCUT2D eigenvalue weighted by molar-refractivity contribution is 5.87. The summed E-state index contributed by atoms with van der Waals surface area (Å²) in [6.45, 7) is 1.74. The molecule has 2 aromatic rings. The molecule has 0 bridgehead atoms. The van der Waals surface area contributed by atoms with Crippen LogP contribution < -0.4 is 0 Å². The van der Waals surface area contributed by atoms with E-state index in [1.807, 2.05) is 11.6 Å². The Bertz CT molecular complexity index is 607. The molecule has 6 heteroatoms. The highest BCUT2D eigenvalue weighted by Gasteiger charge is 2.27. The van der Waals surface area contributed by atoms with Gasteiger partial charge >= 0.3 is 5.97 Å². The quantitative estimate of drug-likeness (QED) is 0.851. The molecule has 0 atom stereocenters. The van der Waals surface area contributed by atoms with Crippen LogP contribution in [0.4, 0.5) is 0 Å². The molecule has 90 valence electrons. The molecule has 1 aliphatic rings. The number of imidazole rings is 1. The lowest BCUT2D eigenvalue weighted by molar-refractivity contribution is 0.0690. The molecule has 0 amide bonds. The van der Waals surface area contributed by atoms with Gasteiger partial charge in [-0.05, 0) is 19.8 Å². The first kappa shape index (κ1) is 10.3. The lowest BCUT2D eigenvalue weighted by Crippen LogP contribution is -2.14. The Labute approximate surface area is 97.9 Å². The molecule has 2 aromatic heterocycles. The molecule has 1 fully saturated rings. The second-order valence-electron chi connectivity index (χ2n) is 4.61. The number of rotatable bonds is 2. The molecule has 3 rings (SSSR count). The van der Waals surface area contributed by atoms with Crippen molar-refractivity contribution in [3.05, 3.63) is 17.2 Å². The fourth-order valence-corrected chi connectivity index (χ4v) is 2.31. The van der Waals surface area contributed by atoms with Crippen LogP contribution >= 0.6 is 0 Å².